The Hall–Kier alpha value is -2.25. The summed E-state index contributed by atoms with van der Waals surface area (Å²) in [5.74, 6) is 0.877. The number of hydrogen-bond donors (Lipinski definition) is 1. The minimum atomic E-state index is -1.09. The smallest absolute Gasteiger partial charge is 0.189 e. The molecule has 4 rings (SSSR count). The fourth-order valence-electron chi connectivity index (χ4n) is 4.30. The topological polar surface area (TPSA) is 39.7 Å². The van der Waals surface area contributed by atoms with Crippen molar-refractivity contribution in [3.63, 3.8) is 0 Å². The Morgan fingerprint density at radius 1 is 0.971 bits per heavy atom. The monoisotopic (exact) mass is 481 g/mol. The third-order valence-electron chi connectivity index (χ3n) is 6.37. The van der Waals surface area contributed by atoms with Gasteiger partial charge in [-0.2, -0.15) is 0 Å². The van der Waals surface area contributed by atoms with Crippen LogP contribution >= 0.6 is 0 Å². The lowest BCUT2D eigenvalue weighted by atomic mass is 9.88. The van der Waals surface area contributed by atoms with Gasteiger partial charge in [-0.25, -0.2) is 4.39 Å². The van der Waals surface area contributed by atoms with E-state index in [4.69, 9.17) is 14.2 Å². The van der Waals surface area contributed by atoms with Crippen molar-refractivity contribution in [3.05, 3.63) is 77.6 Å². The average Bonchev–Trinajstić information content (AvgIpc) is 2.82. The van der Waals surface area contributed by atoms with E-state index in [0.29, 0.717) is 6.61 Å². The van der Waals surface area contributed by atoms with Crippen molar-refractivity contribution in [2.75, 3.05) is 26.5 Å². The molecular weight excluding hydrogens is 445 g/mol. The summed E-state index contributed by atoms with van der Waals surface area (Å²) in [5, 5.41) is 5.72. The van der Waals surface area contributed by atoms with Crippen molar-refractivity contribution >= 4 is 18.8 Å². The van der Waals surface area contributed by atoms with Gasteiger partial charge in [-0.3, -0.25) is 0 Å². The third-order valence-corrected chi connectivity index (χ3v) is 8.07. The number of rotatable bonds is 10. The normalized spacial score (nSPS) is 18.8. The molecule has 6 heteroatoms. The molecule has 2 atom stereocenters. The summed E-state index contributed by atoms with van der Waals surface area (Å²) in [5.41, 5.74) is 2.26. The van der Waals surface area contributed by atoms with Gasteiger partial charge >= 0.3 is 0 Å². The lowest BCUT2D eigenvalue weighted by Crippen LogP contribution is -2.40. The van der Waals surface area contributed by atoms with E-state index in [-0.39, 0.29) is 24.6 Å². The first-order valence-electron chi connectivity index (χ1n) is 12.2. The number of halogens is 1. The molecule has 1 heterocycles. The summed E-state index contributed by atoms with van der Waals surface area (Å²) >= 11 is 0. The highest BCUT2D eigenvalue weighted by Crippen LogP contribution is 2.29. The molecule has 2 unspecified atom stereocenters. The highest BCUT2D eigenvalue weighted by molar-refractivity contribution is 6.76. The van der Waals surface area contributed by atoms with Gasteiger partial charge in [0, 0.05) is 27.1 Å². The first kappa shape index (κ1) is 24.9. The van der Waals surface area contributed by atoms with Crippen LogP contribution in [0.4, 0.5) is 4.39 Å². The molecular formula is C28H36FNO3Si. The summed E-state index contributed by atoms with van der Waals surface area (Å²) < 4.78 is 31.2. The SMILES string of the molecule is C[Si](C)(C)CCOCOc1ccc2ccc(COC3CNCCC3c3ccc(F)cc3)cc2c1. The Balaban J connectivity index is 1.35. The molecule has 3 aromatic carbocycles. The van der Waals surface area contributed by atoms with Gasteiger partial charge in [0.2, 0.25) is 0 Å². The van der Waals surface area contributed by atoms with Crippen LogP contribution in [0.5, 0.6) is 5.75 Å². The van der Waals surface area contributed by atoms with Crippen LogP contribution in [0.1, 0.15) is 23.5 Å². The second-order valence-electron chi connectivity index (χ2n) is 10.3. The Bertz CT molecular complexity index is 1070. The number of benzene rings is 3. The maximum Gasteiger partial charge on any atom is 0.189 e. The third kappa shape index (κ3) is 7.12. The molecule has 1 N–H and O–H groups in total. The molecule has 34 heavy (non-hydrogen) atoms. The van der Waals surface area contributed by atoms with E-state index in [1.807, 2.05) is 18.2 Å². The molecule has 1 fully saturated rings. The van der Waals surface area contributed by atoms with E-state index in [2.05, 4.69) is 55.3 Å². The quantitative estimate of drug-likeness (QED) is 0.209. The zero-order valence-corrected chi connectivity index (χ0v) is 21.5. The molecule has 0 amide bonds. The van der Waals surface area contributed by atoms with E-state index < -0.39 is 8.07 Å². The van der Waals surface area contributed by atoms with Gasteiger partial charge in [-0.05, 0) is 71.2 Å². The summed E-state index contributed by atoms with van der Waals surface area (Å²) in [6, 6.07) is 20.5. The first-order chi connectivity index (χ1) is 16.4. The Morgan fingerprint density at radius 3 is 2.56 bits per heavy atom. The van der Waals surface area contributed by atoms with Gasteiger partial charge in [-0.1, -0.05) is 50.0 Å². The molecule has 182 valence electrons. The standard InChI is InChI=1S/C28H36FNO3Si/c1-34(2,3)15-14-31-20-33-26-11-8-22-5-4-21(16-24(22)17-26)19-32-28-18-30-13-12-27(28)23-6-9-25(29)10-7-23/h4-11,16-17,27-28,30H,12-15,18-20H2,1-3H3. The number of ether oxygens (including phenoxy) is 3. The van der Waals surface area contributed by atoms with Crippen molar-refractivity contribution in [2.45, 2.75) is 50.7 Å². The molecule has 0 aromatic heterocycles. The van der Waals surface area contributed by atoms with Crippen LogP contribution in [0.25, 0.3) is 10.8 Å². The predicted molar refractivity (Wildman–Crippen MR) is 139 cm³/mol. The Labute approximate surface area is 203 Å². The van der Waals surface area contributed by atoms with E-state index in [1.54, 1.807) is 0 Å². The summed E-state index contributed by atoms with van der Waals surface area (Å²) in [7, 11) is -1.09. The summed E-state index contributed by atoms with van der Waals surface area (Å²) in [6.45, 7) is 10.3. The minimum Gasteiger partial charge on any atom is -0.468 e. The molecule has 4 nitrogen and oxygen atoms in total. The number of fused-ring (bicyclic) bond motifs is 1. The van der Waals surface area contributed by atoms with Crippen LogP contribution in [0.2, 0.25) is 25.7 Å². The minimum absolute atomic E-state index is 0.0536. The van der Waals surface area contributed by atoms with Crippen LogP contribution in [0.3, 0.4) is 0 Å². The number of hydrogen-bond acceptors (Lipinski definition) is 4. The van der Waals surface area contributed by atoms with Crippen LogP contribution < -0.4 is 10.1 Å². The van der Waals surface area contributed by atoms with E-state index >= 15 is 0 Å². The van der Waals surface area contributed by atoms with Crippen molar-refractivity contribution < 1.29 is 18.6 Å². The zero-order valence-electron chi connectivity index (χ0n) is 20.5. The maximum atomic E-state index is 13.4. The largest absolute Gasteiger partial charge is 0.468 e. The lowest BCUT2D eigenvalue weighted by molar-refractivity contribution is 0.0106. The molecule has 0 radical (unpaired) electrons. The van der Waals surface area contributed by atoms with Crippen LogP contribution in [-0.4, -0.2) is 40.7 Å². The number of piperidine rings is 1. The van der Waals surface area contributed by atoms with Crippen LogP contribution in [0.15, 0.2) is 60.7 Å². The van der Waals surface area contributed by atoms with Gasteiger partial charge in [-0.15, -0.1) is 0 Å². The summed E-state index contributed by atoms with van der Waals surface area (Å²) in [6.07, 6.45) is 1.03. The zero-order chi connectivity index (χ0) is 24.0. The van der Waals surface area contributed by atoms with Gasteiger partial charge in [0.05, 0.1) is 12.7 Å². The Morgan fingerprint density at radius 2 is 1.76 bits per heavy atom. The average molecular weight is 482 g/mol. The van der Waals surface area contributed by atoms with E-state index in [9.17, 15) is 4.39 Å². The second kappa shape index (κ2) is 11.4. The van der Waals surface area contributed by atoms with Crippen molar-refractivity contribution in [2.24, 2.45) is 0 Å². The maximum absolute atomic E-state index is 13.4. The van der Waals surface area contributed by atoms with E-state index in [0.717, 1.165) is 54.4 Å². The van der Waals surface area contributed by atoms with Gasteiger partial charge < -0.3 is 19.5 Å². The molecule has 0 spiro atoms. The molecule has 0 aliphatic carbocycles. The van der Waals surface area contributed by atoms with Crippen molar-refractivity contribution in [1.29, 1.82) is 0 Å². The highest BCUT2D eigenvalue weighted by atomic mass is 28.3. The predicted octanol–water partition coefficient (Wildman–Crippen LogP) is 6.33. The molecule has 0 bridgehead atoms. The molecule has 1 saturated heterocycles. The number of nitrogens with one attached hydrogen (secondary N) is 1. The van der Waals surface area contributed by atoms with Crippen molar-refractivity contribution in [1.82, 2.24) is 5.32 Å². The van der Waals surface area contributed by atoms with Gasteiger partial charge in [0.1, 0.15) is 11.6 Å². The molecule has 1 aliphatic heterocycles. The molecule has 0 saturated carbocycles. The molecule has 3 aromatic rings. The second-order valence-corrected chi connectivity index (χ2v) is 15.9. The molecule has 1 aliphatic rings. The fourth-order valence-corrected chi connectivity index (χ4v) is 5.06. The van der Waals surface area contributed by atoms with Gasteiger partial charge in [0.25, 0.3) is 0 Å². The van der Waals surface area contributed by atoms with E-state index in [1.165, 1.54) is 17.5 Å². The highest BCUT2D eigenvalue weighted by Gasteiger charge is 2.27. The van der Waals surface area contributed by atoms with Crippen LogP contribution in [-0.2, 0) is 16.1 Å². The lowest BCUT2D eigenvalue weighted by Gasteiger charge is -2.32. The first-order valence-corrected chi connectivity index (χ1v) is 15.9. The van der Waals surface area contributed by atoms with Crippen LogP contribution in [0, 0.1) is 5.82 Å². The van der Waals surface area contributed by atoms with Gasteiger partial charge in [0.15, 0.2) is 6.79 Å². The Kier molecular flexibility index (Phi) is 8.37. The van der Waals surface area contributed by atoms with Crippen molar-refractivity contribution in [3.8, 4) is 5.75 Å². The fraction of sp³-hybridized carbons (Fsp3) is 0.429. The summed E-state index contributed by atoms with van der Waals surface area (Å²) in [4.78, 5) is 0.